The summed E-state index contributed by atoms with van der Waals surface area (Å²) in [5.74, 6) is -1.04. The van der Waals surface area contributed by atoms with Crippen LogP contribution in [-0.2, 0) is 44.4 Å². The van der Waals surface area contributed by atoms with E-state index in [-0.39, 0.29) is 37.7 Å². The zero-order valence-corrected chi connectivity index (χ0v) is 46.0. The number of rotatable bonds is 17. The number of hydrogen-bond donors (Lipinski definition) is 5. The van der Waals surface area contributed by atoms with Gasteiger partial charge in [-0.3, -0.25) is 4.79 Å². The zero-order valence-electron chi connectivity index (χ0n) is 45.2. The highest BCUT2D eigenvalue weighted by Crippen LogP contribution is 2.39. The molecule has 1 aromatic heterocycles. The van der Waals surface area contributed by atoms with E-state index in [0.29, 0.717) is 31.6 Å². The second kappa shape index (κ2) is 26.1. The Hall–Kier alpha value is -2.41. The Labute approximate surface area is 431 Å². The molecule has 3 aliphatic heterocycles. The Balaban J connectivity index is 1.41. The molecule has 72 heavy (non-hydrogen) atoms. The summed E-state index contributed by atoms with van der Waals surface area (Å²) < 4.78 is 60.0. The fourth-order valence-corrected chi connectivity index (χ4v) is 11.5. The van der Waals surface area contributed by atoms with Crippen LogP contribution in [0.1, 0.15) is 125 Å². The molecule has 1 aromatic carbocycles. The summed E-state index contributed by atoms with van der Waals surface area (Å²) in [6.45, 7) is 17.8. The van der Waals surface area contributed by atoms with Gasteiger partial charge in [-0.25, -0.2) is 9.07 Å². The van der Waals surface area contributed by atoms with Crippen molar-refractivity contribution in [3.63, 3.8) is 0 Å². The monoisotopic (exact) mass is 1040 g/mol. The molecule has 5 N–H and O–H groups in total. The Morgan fingerprint density at radius 2 is 1.65 bits per heavy atom. The van der Waals surface area contributed by atoms with Crippen LogP contribution >= 0.6 is 11.8 Å². The zero-order chi connectivity index (χ0) is 53.5. The van der Waals surface area contributed by atoms with Crippen molar-refractivity contribution in [2.24, 2.45) is 11.8 Å². The van der Waals surface area contributed by atoms with Gasteiger partial charge in [-0.05, 0) is 111 Å². The molecular weight excluding hydrogens is 954 g/mol. The van der Waals surface area contributed by atoms with Crippen molar-refractivity contribution in [3.8, 4) is 0 Å². The van der Waals surface area contributed by atoms with E-state index < -0.39 is 115 Å². The van der Waals surface area contributed by atoms with Crippen LogP contribution in [0.4, 0.5) is 4.39 Å². The number of aliphatic hydroxyl groups excluding tert-OH is 3. The molecule has 0 unspecified atom stereocenters. The third-order valence-corrected chi connectivity index (χ3v) is 16.5. The largest absolute Gasteiger partial charge is 0.459 e. The average molecular weight is 1040 g/mol. The number of cyclic esters (lactones) is 1. The van der Waals surface area contributed by atoms with Gasteiger partial charge in [0.25, 0.3) is 0 Å². The highest BCUT2D eigenvalue weighted by atomic mass is 32.2. The summed E-state index contributed by atoms with van der Waals surface area (Å²) in [6.07, 6.45) is -7.74. The predicted molar refractivity (Wildman–Crippen MR) is 270 cm³/mol. The molecular formula is C52H88FN5O13S. The molecule has 0 spiro atoms. The molecule has 0 radical (unpaired) electrons. The Morgan fingerprint density at radius 3 is 2.26 bits per heavy atom. The summed E-state index contributed by atoms with van der Waals surface area (Å²) in [5.41, 5.74) is -3.07. The second-order valence-electron chi connectivity index (χ2n) is 21.5. The van der Waals surface area contributed by atoms with Gasteiger partial charge in [-0.15, -0.1) is 16.9 Å². The smallest absolute Gasteiger partial charge is 0.311 e. The Morgan fingerprint density at radius 1 is 0.972 bits per heavy atom. The fourth-order valence-electron chi connectivity index (χ4n) is 10.8. The van der Waals surface area contributed by atoms with Crippen molar-refractivity contribution in [1.82, 2.24) is 24.8 Å². The molecule has 18 nitrogen and oxygen atoms in total. The summed E-state index contributed by atoms with van der Waals surface area (Å²) in [4.78, 5) is 19.4. The van der Waals surface area contributed by atoms with E-state index >= 15 is 0 Å². The number of alkyl halides is 1. The molecule has 0 amide bonds. The van der Waals surface area contributed by atoms with Crippen LogP contribution in [0.25, 0.3) is 0 Å². The van der Waals surface area contributed by atoms with Crippen molar-refractivity contribution in [3.05, 3.63) is 41.7 Å². The molecule has 0 bridgehead atoms. The average Bonchev–Trinajstić information content (AvgIpc) is 3.81. The number of esters is 1. The summed E-state index contributed by atoms with van der Waals surface area (Å²) in [5, 5.41) is 68.1. The molecule has 5 rings (SSSR count). The third-order valence-electron chi connectivity index (χ3n) is 15.6. The highest BCUT2D eigenvalue weighted by Gasteiger charge is 2.51. The number of carbonyl (C=O) groups excluding carboxylic acids is 1. The van der Waals surface area contributed by atoms with Gasteiger partial charge in [0.05, 0.1) is 47.2 Å². The number of nitrogens with zero attached hydrogens (tertiary/aromatic N) is 5. The van der Waals surface area contributed by atoms with E-state index in [1.165, 1.54) is 18.7 Å². The van der Waals surface area contributed by atoms with E-state index in [4.69, 9.17) is 33.2 Å². The van der Waals surface area contributed by atoms with Gasteiger partial charge in [-0.2, -0.15) is 0 Å². The summed E-state index contributed by atoms with van der Waals surface area (Å²) in [6, 6.07) is 6.11. The lowest BCUT2D eigenvalue weighted by molar-refractivity contribution is -0.308. The van der Waals surface area contributed by atoms with E-state index in [0.717, 1.165) is 16.2 Å². The molecule has 3 fully saturated rings. The maximum Gasteiger partial charge on any atom is 0.311 e. The van der Waals surface area contributed by atoms with E-state index in [9.17, 15) is 34.7 Å². The normalized spacial score (nSPS) is 39.0. The first-order valence-corrected chi connectivity index (χ1v) is 26.8. The number of aromatic nitrogens is 3. The van der Waals surface area contributed by atoms with Gasteiger partial charge in [-0.1, -0.05) is 38.1 Å². The molecule has 0 saturated carbocycles. The van der Waals surface area contributed by atoms with Crippen molar-refractivity contribution < 1.29 is 67.9 Å². The first kappa shape index (κ1) is 60.5. The van der Waals surface area contributed by atoms with Crippen molar-refractivity contribution in [1.29, 1.82) is 0 Å². The van der Waals surface area contributed by atoms with Crippen LogP contribution in [0.15, 0.2) is 35.4 Å². The van der Waals surface area contributed by atoms with Crippen molar-refractivity contribution in [2.75, 3.05) is 53.8 Å². The number of halogens is 1. The quantitative estimate of drug-likeness (QED) is 0.105. The number of ether oxygens (including phenoxy) is 7. The summed E-state index contributed by atoms with van der Waals surface area (Å²) in [7, 11) is 6.77. The van der Waals surface area contributed by atoms with E-state index in [1.807, 2.05) is 62.0 Å². The molecule has 3 saturated heterocycles. The Bertz CT molecular complexity index is 1970. The third kappa shape index (κ3) is 14.5. The Kier molecular flexibility index (Phi) is 21.9. The van der Waals surface area contributed by atoms with Crippen LogP contribution in [0.2, 0.25) is 0 Å². The minimum atomic E-state index is -1.84. The topological polar surface area (TPSA) is 220 Å². The molecule has 20 heteroatoms. The van der Waals surface area contributed by atoms with Crippen LogP contribution < -0.4 is 0 Å². The van der Waals surface area contributed by atoms with Crippen LogP contribution in [-0.4, -0.2) is 200 Å². The van der Waals surface area contributed by atoms with E-state index in [2.05, 4.69) is 17.2 Å². The second-order valence-corrected chi connectivity index (χ2v) is 22.9. The lowest BCUT2D eigenvalue weighted by Gasteiger charge is -2.47. The predicted octanol–water partition coefficient (Wildman–Crippen LogP) is 4.87. The minimum Gasteiger partial charge on any atom is -0.459 e. The van der Waals surface area contributed by atoms with Crippen molar-refractivity contribution >= 4 is 17.7 Å². The van der Waals surface area contributed by atoms with Gasteiger partial charge < -0.3 is 68.5 Å². The number of likely N-dealkylation sites (N-methyl/N-ethyl adjacent to an activating group) is 2. The van der Waals surface area contributed by atoms with Gasteiger partial charge in [0.2, 0.25) is 0 Å². The van der Waals surface area contributed by atoms with Crippen LogP contribution in [0.3, 0.4) is 0 Å². The molecule has 2 aromatic rings. The van der Waals surface area contributed by atoms with Crippen molar-refractivity contribution in [2.45, 2.75) is 215 Å². The van der Waals surface area contributed by atoms with Gasteiger partial charge in [0, 0.05) is 69.7 Å². The maximum absolute atomic E-state index is 14.8. The number of thioether (sulfide) groups is 1. The van der Waals surface area contributed by atoms with Crippen LogP contribution in [0.5, 0.6) is 0 Å². The molecule has 3 aliphatic rings. The van der Waals surface area contributed by atoms with Gasteiger partial charge in [0.15, 0.2) is 12.6 Å². The number of aliphatic hydroxyl groups is 5. The first-order valence-electron chi connectivity index (χ1n) is 25.8. The summed E-state index contributed by atoms with van der Waals surface area (Å²) >= 11 is 1.72. The SMILES string of the molecule is CCSc1ccc([C@@H](OC)[C@@H](CF)n2cc(CCN(C)[C@H]3C[C@@H](C)O[C@@H](O[C@@H]4C[C@H](O[C@H]5C[C@@](C)(OC)[C@@H](O)[C@H](C)O5)[C@@H](C)C(=O)O[C@H](CC)[C@@](C)(O)[C@H](O)[C@@H](C)N(C)C[C@H](C)C[C@@]4(C)O)[C@@H]3O)nn2)cc1. The lowest BCUT2D eigenvalue weighted by Crippen LogP contribution is -2.59. The molecule has 0 aliphatic carbocycles. The molecule has 412 valence electrons. The van der Waals surface area contributed by atoms with Gasteiger partial charge >= 0.3 is 5.97 Å². The van der Waals surface area contributed by atoms with Gasteiger partial charge in [0.1, 0.15) is 48.8 Å². The molecule has 4 heterocycles. The lowest BCUT2D eigenvalue weighted by atomic mass is 9.83. The number of benzene rings is 1. The number of hydrogen-bond acceptors (Lipinski definition) is 18. The van der Waals surface area contributed by atoms with E-state index in [1.54, 1.807) is 66.6 Å². The number of carbonyl (C=O) groups is 1. The number of methoxy groups -OCH3 is 2. The first-order chi connectivity index (χ1) is 33.8. The standard InChI is InChI=1S/C52H88FN5O13S/c1-15-41-52(10,64)46(60)33(6)57(12)28-30(3)25-50(8,63)42(24-40(32(5)48(62)70-41)69-43-26-51(9,66-14)47(61)34(7)68-43)71-49-44(59)38(23-31(4)67-49)56(11)22-21-36-29-58(55-54-36)39(27-53)45(65-13)35-17-19-37(20-18-35)72-16-2/h17-20,29-34,38-47,49,59-61,63-64H,15-16,21-28H2,1-14H3/t30-,31-,32-,33-,34+,38+,39-,40+,41-,42-,43+,44-,45-,46-,47+,49+,50-,51-,52-/m1/s1. The minimum absolute atomic E-state index is 0.0955. The fraction of sp³-hybridized carbons (Fsp3) is 0.827. The maximum atomic E-state index is 14.8. The van der Waals surface area contributed by atoms with Crippen LogP contribution in [0, 0.1) is 11.8 Å². The molecule has 19 atom stereocenters. The highest BCUT2D eigenvalue weighted by molar-refractivity contribution is 7.99.